The van der Waals surface area contributed by atoms with Crippen molar-refractivity contribution >= 4 is 39.5 Å². The van der Waals surface area contributed by atoms with Crippen molar-refractivity contribution < 1.29 is 14.3 Å². The van der Waals surface area contributed by atoms with E-state index in [4.69, 9.17) is 4.74 Å². The largest absolute Gasteiger partial charge is 0.444 e. The molecule has 3 aromatic rings. The van der Waals surface area contributed by atoms with Crippen molar-refractivity contribution in [3.63, 3.8) is 0 Å². The third-order valence-corrected chi connectivity index (χ3v) is 6.08. The number of pyridine rings is 1. The molecule has 0 spiro atoms. The van der Waals surface area contributed by atoms with Crippen LogP contribution in [0.5, 0.6) is 0 Å². The van der Waals surface area contributed by atoms with Crippen LogP contribution in [0.1, 0.15) is 56.3 Å². The number of rotatable bonds is 5. The maximum Gasteiger partial charge on any atom is 0.410 e. The molecular formula is C23H28N6O3S. The highest BCUT2D eigenvalue weighted by atomic mass is 32.1. The topological polar surface area (TPSA) is 109 Å². The number of hydrogen-bond acceptors (Lipinski definition) is 8. The van der Waals surface area contributed by atoms with E-state index in [1.807, 2.05) is 57.3 Å². The molecule has 0 aliphatic carbocycles. The van der Waals surface area contributed by atoms with Crippen molar-refractivity contribution in [3.8, 4) is 0 Å². The summed E-state index contributed by atoms with van der Waals surface area (Å²) < 4.78 is 6.17. The van der Waals surface area contributed by atoms with Crippen LogP contribution in [0.2, 0.25) is 0 Å². The van der Waals surface area contributed by atoms with E-state index in [0.717, 1.165) is 10.4 Å². The van der Waals surface area contributed by atoms with Gasteiger partial charge in [-0.25, -0.2) is 14.8 Å². The molecule has 1 saturated heterocycles. The third-order valence-electron chi connectivity index (χ3n) is 5.17. The number of nitrogens with one attached hydrogen (secondary N) is 2. The second-order valence-electron chi connectivity index (χ2n) is 9.04. The van der Waals surface area contributed by atoms with Gasteiger partial charge in [-0.05, 0) is 57.7 Å². The summed E-state index contributed by atoms with van der Waals surface area (Å²) in [5.41, 5.74) is 1.32. The van der Waals surface area contributed by atoms with Crippen molar-refractivity contribution in [2.45, 2.75) is 51.8 Å². The van der Waals surface area contributed by atoms with Gasteiger partial charge in [-0.3, -0.25) is 9.78 Å². The van der Waals surface area contributed by atoms with Crippen LogP contribution in [-0.2, 0) is 4.74 Å². The zero-order valence-corrected chi connectivity index (χ0v) is 20.0. The van der Waals surface area contributed by atoms with Crippen LogP contribution in [0.15, 0.2) is 35.8 Å². The summed E-state index contributed by atoms with van der Waals surface area (Å²) in [7, 11) is 0. The number of nitrogens with zero attached hydrogens (tertiary/aromatic N) is 4. The van der Waals surface area contributed by atoms with Gasteiger partial charge >= 0.3 is 6.09 Å². The lowest BCUT2D eigenvalue weighted by Crippen LogP contribution is -2.40. The zero-order valence-electron chi connectivity index (χ0n) is 19.2. The number of aromatic nitrogens is 3. The lowest BCUT2D eigenvalue weighted by molar-refractivity contribution is 0.0290. The summed E-state index contributed by atoms with van der Waals surface area (Å²) in [6.07, 6.45) is 2.03. The van der Waals surface area contributed by atoms with Crippen LogP contribution < -0.4 is 10.6 Å². The van der Waals surface area contributed by atoms with Crippen LogP contribution in [0.4, 0.5) is 10.7 Å². The van der Waals surface area contributed by atoms with E-state index in [9.17, 15) is 9.59 Å². The van der Waals surface area contributed by atoms with Gasteiger partial charge in [0.15, 0.2) is 5.69 Å². The van der Waals surface area contributed by atoms with Gasteiger partial charge in [-0.2, -0.15) is 0 Å². The lowest BCUT2D eigenvalue weighted by Gasteiger charge is -2.24. The van der Waals surface area contributed by atoms with Gasteiger partial charge in [0.2, 0.25) is 5.95 Å². The molecule has 33 heavy (non-hydrogen) atoms. The Balaban J connectivity index is 1.47. The maximum absolute atomic E-state index is 13.2. The highest BCUT2D eigenvalue weighted by Crippen LogP contribution is 2.25. The normalized spacial score (nSPS) is 17.1. The minimum atomic E-state index is -0.556. The summed E-state index contributed by atoms with van der Waals surface area (Å²) in [6, 6.07) is 7.28. The van der Waals surface area contributed by atoms with Crippen LogP contribution in [0.25, 0.3) is 10.2 Å². The second-order valence-corrected chi connectivity index (χ2v) is 9.95. The summed E-state index contributed by atoms with van der Waals surface area (Å²) in [5, 5.41) is 8.16. The van der Waals surface area contributed by atoms with Crippen molar-refractivity contribution in [2.24, 2.45) is 0 Å². The van der Waals surface area contributed by atoms with E-state index >= 15 is 0 Å². The maximum atomic E-state index is 13.2. The summed E-state index contributed by atoms with van der Waals surface area (Å²) in [5.74, 6) is 0.0837. The standard InChI is InChI=1S/C23H28N6O3S/c1-14(16-7-5-6-10-24-16)25-21-27-17-9-12-33-19(17)18(28-21)20(30)26-15-8-11-29(13-15)22(31)32-23(2,3)4/h5-7,9-10,12,14-15H,8,11,13H2,1-4H3,(H,26,30)(H,25,27,28)/t14-,15+/m0/s1. The molecule has 0 radical (unpaired) electrons. The Morgan fingerprint density at radius 2 is 2.06 bits per heavy atom. The second kappa shape index (κ2) is 9.30. The summed E-state index contributed by atoms with van der Waals surface area (Å²) in [4.78, 5) is 40.5. The fourth-order valence-corrected chi connectivity index (χ4v) is 4.42. The Kier molecular flexibility index (Phi) is 6.46. The lowest BCUT2D eigenvalue weighted by atomic mass is 10.2. The first-order chi connectivity index (χ1) is 15.7. The first-order valence-electron chi connectivity index (χ1n) is 10.9. The number of fused-ring (bicyclic) bond motifs is 1. The Bertz CT molecular complexity index is 1140. The molecule has 2 atom stereocenters. The quantitative estimate of drug-likeness (QED) is 0.582. The molecule has 9 nitrogen and oxygen atoms in total. The van der Waals surface area contributed by atoms with Gasteiger partial charge in [0.1, 0.15) is 5.60 Å². The molecule has 3 aromatic heterocycles. The highest BCUT2D eigenvalue weighted by molar-refractivity contribution is 7.17. The predicted molar refractivity (Wildman–Crippen MR) is 127 cm³/mol. The molecule has 2 amide bonds. The Labute approximate surface area is 196 Å². The number of anilines is 1. The molecular weight excluding hydrogens is 440 g/mol. The number of ether oxygens (including phenoxy) is 1. The Morgan fingerprint density at radius 3 is 2.79 bits per heavy atom. The number of carbonyl (C=O) groups is 2. The smallest absolute Gasteiger partial charge is 0.410 e. The Morgan fingerprint density at radius 1 is 1.24 bits per heavy atom. The number of thiophene rings is 1. The van der Waals surface area contributed by atoms with Gasteiger partial charge in [-0.1, -0.05) is 6.07 Å². The minimum absolute atomic E-state index is 0.129. The van der Waals surface area contributed by atoms with E-state index in [2.05, 4.69) is 25.6 Å². The molecule has 0 unspecified atom stereocenters. The van der Waals surface area contributed by atoms with Crippen molar-refractivity contribution in [3.05, 3.63) is 47.2 Å². The van der Waals surface area contributed by atoms with Gasteiger partial charge in [0.05, 0.1) is 22.0 Å². The number of likely N-dealkylation sites (tertiary alicyclic amines) is 1. The van der Waals surface area contributed by atoms with Crippen LogP contribution in [0.3, 0.4) is 0 Å². The highest BCUT2D eigenvalue weighted by Gasteiger charge is 2.31. The van der Waals surface area contributed by atoms with Crippen molar-refractivity contribution in [2.75, 3.05) is 18.4 Å². The van der Waals surface area contributed by atoms with Gasteiger partial charge in [0, 0.05) is 25.3 Å². The molecule has 174 valence electrons. The number of carbonyl (C=O) groups excluding carboxylic acids is 2. The van der Waals surface area contributed by atoms with E-state index in [0.29, 0.717) is 36.7 Å². The first kappa shape index (κ1) is 22.9. The zero-order chi connectivity index (χ0) is 23.6. The molecule has 4 rings (SSSR count). The molecule has 10 heteroatoms. The van der Waals surface area contributed by atoms with Crippen molar-refractivity contribution in [1.29, 1.82) is 0 Å². The van der Waals surface area contributed by atoms with Gasteiger partial charge in [-0.15, -0.1) is 11.3 Å². The summed E-state index contributed by atoms with van der Waals surface area (Å²) >= 11 is 1.43. The third kappa shape index (κ3) is 5.57. The molecule has 1 aliphatic heterocycles. The first-order valence-corrected chi connectivity index (χ1v) is 11.8. The van der Waals surface area contributed by atoms with Crippen molar-refractivity contribution in [1.82, 2.24) is 25.2 Å². The van der Waals surface area contributed by atoms with E-state index < -0.39 is 5.60 Å². The monoisotopic (exact) mass is 468 g/mol. The number of hydrogen-bond donors (Lipinski definition) is 2. The van der Waals surface area contributed by atoms with E-state index in [1.165, 1.54) is 11.3 Å². The molecule has 0 bridgehead atoms. The molecule has 1 fully saturated rings. The predicted octanol–water partition coefficient (Wildman–Crippen LogP) is 4.00. The van der Waals surface area contributed by atoms with Crippen LogP contribution in [0, 0.1) is 0 Å². The molecule has 0 aromatic carbocycles. The molecule has 2 N–H and O–H groups in total. The fraction of sp³-hybridized carbons (Fsp3) is 0.435. The van der Waals surface area contributed by atoms with Gasteiger partial charge < -0.3 is 20.3 Å². The van der Waals surface area contributed by atoms with Crippen LogP contribution in [-0.4, -0.2) is 56.6 Å². The molecule has 4 heterocycles. The summed E-state index contributed by atoms with van der Waals surface area (Å²) in [6.45, 7) is 8.41. The van der Waals surface area contributed by atoms with E-state index in [1.54, 1.807) is 11.1 Å². The van der Waals surface area contributed by atoms with Crippen LogP contribution >= 0.6 is 11.3 Å². The SMILES string of the molecule is C[C@H](Nc1nc(C(=O)N[C@@H]2CCN(C(=O)OC(C)(C)C)C2)c2sccc2n1)c1ccccn1. The van der Waals surface area contributed by atoms with Gasteiger partial charge in [0.25, 0.3) is 5.91 Å². The average molecular weight is 469 g/mol. The average Bonchev–Trinajstić information content (AvgIpc) is 3.42. The van der Waals surface area contributed by atoms with E-state index in [-0.39, 0.29) is 24.1 Å². The molecule has 1 aliphatic rings. The Hall–Kier alpha value is -3.27. The number of amides is 2. The minimum Gasteiger partial charge on any atom is -0.444 e. The molecule has 0 saturated carbocycles. The fourth-order valence-electron chi connectivity index (χ4n) is 3.61.